The van der Waals surface area contributed by atoms with Gasteiger partial charge >= 0.3 is 0 Å². The maximum atomic E-state index is 9.20. The Hall–Kier alpha value is -0.580. The Bertz CT molecular complexity index is 263. The highest BCUT2D eigenvalue weighted by molar-refractivity contribution is 8.10. The highest BCUT2D eigenvalue weighted by Crippen LogP contribution is 2.03. The van der Waals surface area contributed by atoms with Crippen molar-refractivity contribution < 1.29 is 5.21 Å². The van der Waals surface area contributed by atoms with Gasteiger partial charge in [-0.3, -0.25) is 5.21 Å². The van der Waals surface area contributed by atoms with Crippen LogP contribution in [0.2, 0.25) is 0 Å². The summed E-state index contributed by atoms with van der Waals surface area (Å²) in [6.45, 7) is 0.378. The van der Waals surface area contributed by atoms with E-state index in [1.807, 2.05) is 30.3 Å². The first-order valence-corrected chi connectivity index (χ1v) is 4.29. The van der Waals surface area contributed by atoms with Gasteiger partial charge in [-0.25, -0.2) is 5.06 Å². The van der Waals surface area contributed by atoms with Gasteiger partial charge in [0.2, 0.25) is 0 Å². The Morgan fingerprint density at radius 2 is 2.00 bits per heavy atom. The predicted octanol–water partition coefficient (Wildman–Crippen LogP) is 2.09. The van der Waals surface area contributed by atoms with Gasteiger partial charge in [-0.1, -0.05) is 42.5 Å². The molecule has 0 radical (unpaired) electrons. The number of nitrogens with zero attached hydrogens (tertiary/aromatic N) is 1. The molecule has 0 aromatic heterocycles. The second-order valence-corrected chi connectivity index (χ2v) is 3.44. The predicted molar refractivity (Wildman–Crippen MR) is 55.4 cm³/mol. The summed E-state index contributed by atoms with van der Waals surface area (Å²) in [7, 11) is 0. The molecular formula is C8H9NOS2. The lowest BCUT2D eigenvalue weighted by Crippen LogP contribution is -2.20. The number of hydrogen-bond donors (Lipinski definition) is 2. The fourth-order valence-corrected chi connectivity index (χ4v) is 0.959. The largest absolute Gasteiger partial charge is 0.287 e. The first-order chi connectivity index (χ1) is 5.70. The normalized spacial score (nSPS) is 9.50. The van der Waals surface area contributed by atoms with Crippen LogP contribution in [0.3, 0.4) is 0 Å². The summed E-state index contributed by atoms with van der Waals surface area (Å²) in [6, 6.07) is 9.56. The van der Waals surface area contributed by atoms with Crippen LogP contribution in [-0.2, 0) is 6.54 Å². The van der Waals surface area contributed by atoms with E-state index in [2.05, 4.69) is 24.8 Å². The van der Waals surface area contributed by atoms with E-state index in [0.29, 0.717) is 6.54 Å². The Morgan fingerprint density at radius 3 is 2.50 bits per heavy atom. The fourth-order valence-electron chi connectivity index (χ4n) is 0.824. The van der Waals surface area contributed by atoms with Crippen molar-refractivity contribution in [3.63, 3.8) is 0 Å². The van der Waals surface area contributed by atoms with Crippen LogP contribution in [0.25, 0.3) is 0 Å². The second-order valence-electron chi connectivity index (χ2n) is 2.33. The van der Waals surface area contributed by atoms with Gasteiger partial charge in [0.15, 0.2) is 4.32 Å². The van der Waals surface area contributed by atoms with Crippen LogP contribution in [0.1, 0.15) is 5.56 Å². The summed E-state index contributed by atoms with van der Waals surface area (Å²) in [5.74, 6) is 0. The molecular weight excluding hydrogens is 190 g/mol. The summed E-state index contributed by atoms with van der Waals surface area (Å²) in [4.78, 5) is 0. The summed E-state index contributed by atoms with van der Waals surface area (Å²) >= 11 is 8.49. The third-order valence-corrected chi connectivity index (χ3v) is 1.84. The Labute approximate surface area is 82.2 Å². The van der Waals surface area contributed by atoms with Crippen LogP contribution in [-0.4, -0.2) is 14.6 Å². The molecule has 12 heavy (non-hydrogen) atoms. The number of thiol groups is 1. The summed E-state index contributed by atoms with van der Waals surface area (Å²) in [5, 5.41) is 10.1. The Balaban J connectivity index is 2.58. The summed E-state index contributed by atoms with van der Waals surface area (Å²) in [6.07, 6.45) is 0. The third-order valence-electron chi connectivity index (χ3n) is 1.40. The van der Waals surface area contributed by atoms with E-state index in [1.165, 1.54) is 0 Å². The standard InChI is InChI=1S/C8H9NOS2/c10-9(8(11)12)6-7-4-2-1-3-5-7/h1-5,10H,6H2,(H,11,12). The molecule has 0 saturated heterocycles. The zero-order valence-electron chi connectivity index (χ0n) is 6.34. The van der Waals surface area contributed by atoms with Crippen molar-refractivity contribution >= 4 is 29.2 Å². The zero-order valence-corrected chi connectivity index (χ0v) is 8.05. The van der Waals surface area contributed by atoms with E-state index in [4.69, 9.17) is 0 Å². The van der Waals surface area contributed by atoms with E-state index in [0.717, 1.165) is 10.6 Å². The molecule has 2 nitrogen and oxygen atoms in total. The number of benzene rings is 1. The zero-order chi connectivity index (χ0) is 8.97. The molecule has 0 spiro atoms. The number of thiocarbonyl (C=S) groups is 1. The van der Waals surface area contributed by atoms with Crippen molar-refractivity contribution in [3.8, 4) is 0 Å². The van der Waals surface area contributed by atoms with Crippen molar-refractivity contribution in [1.29, 1.82) is 0 Å². The first kappa shape index (κ1) is 9.51. The van der Waals surface area contributed by atoms with Crippen LogP contribution < -0.4 is 0 Å². The van der Waals surface area contributed by atoms with E-state index < -0.39 is 0 Å². The van der Waals surface area contributed by atoms with Gasteiger partial charge in [-0.05, 0) is 5.56 Å². The molecule has 0 aliphatic heterocycles. The lowest BCUT2D eigenvalue weighted by Gasteiger charge is -2.13. The smallest absolute Gasteiger partial charge is 0.157 e. The monoisotopic (exact) mass is 199 g/mol. The molecule has 0 bridgehead atoms. The van der Waals surface area contributed by atoms with Gasteiger partial charge in [0, 0.05) is 0 Å². The highest BCUT2D eigenvalue weighted by atomic mass is 32.1. The van der Waals surface area contributed by atoms with Crippen molar-refractivity contribution in [2.45, 2.75) is 6.54 Å². The molecule has 64 valence electrons. The minimum absolute atomic E-state index is 0.179. The van der Waals surface area contributed by atoms with Crippen LogP contribution in [0.15, 0.2) is 30.3 Å². The molecule has 0 amide bonds. The summed E-state index contributed by atoms with van der Waals surface area (Å²) < 4.78 is 0.179. The number of hydroxylamine groups is 2. The van der Waals surface area contributed by atoms with E-state index in [1.54, 1.807) is 0 Å². The van der Waals surface area contributed by atoms with Crippen LogP contribution in [0, 0.1) is 0 Å². The quantitative estimate of drug-likeness (QED) is 0.433. The van der Waals surface area contributed by atoms with Crippen molar-refractivity contribution in [1.82, 2.24) is 5.06 Å². The summed E-state index contributed by atoms with van der Waals surface area (Å²) in [5.41, 5.74) is 0.997. The van der Waals surface area contributed by atoms with E-state index in [-0.39, 0.29) is 4.32 Å². The molecule has 0 heterocycles. The molecule has 1 aromatic rings. The van der Waals surface area contributed by atoms with Gasteiger partial charge in [0.25, 0.3) is 0 Å². The van der Waals surface area contributed by atoms with E-state index >= 15 is 0 Å². The average molecular weight is 199 g/mol. The first-order valence-electron chi connectivity index (χ1n) is 3.43. The van der Waals surface area contributed by atoms with Crippen molar-refractivity contribution in [2.75, 3.05) is 0 Å². The van der Waals surface area contributed by atoms with Gasteiger partial charge in [-0.15, -0.1) is 12.6 Å². The Kier molecular flexibility index (Phi) is 3.52. The van der Waals surface area contributed by atoms with Gasteiger partial charge in [-0.2, -0.15) is 0 Å². The maximum Gasteiger partial charge on any atom is 0.157 e. The molecule has 0 aliphatic rings. The van der Waals surface area contributed by atoms with Crippen molar-refractivity contribution in [3.05, 3.63) is 35.9 Å². The molecule has 4 heteroatoms. The third kappa shape index (κ3) is 2.81. The highest BCUT2D eigenvalue weighted by Gasteiger charge is 2.01. The molecule has 0 aliphatic carbocycles. The van der Waals surface area contributed by atoms with Crippen LogP contribution >= 0.6 is 24.8 Å². The molecule has 0 saturated carbocycles. The molecule has 0 unspecified atom stereocenters. The van der Waals surface area contributed by atoms with Gasteiger partial charge < -0.3 is 0 Å². The maximum absolute atomic E-state index is 9.20. The van der Waals surface area contributed by atoms with Gasteiger partial charge in [0.05, 0.1) is 6.54 Å². The average Bonchev–Trinajstić information content (AvgIpc) is 2.06. The number of hydrogen-bond acceptors (Lipinski definition) is 2. The number of rotatable bonds is 2. The van der Waals surface area contributed by atoms with Crippen molar-refractivity contribution in [2.24, 2.45) is 0 Å². The molecule has 0 fully saturated rings. The van der Waals surface area contributed by atoms with Crippen LogP contribution in [0.4, 0.5) is 0 Å². The Morgan fingerprint density at radius 1 is 1.42 bits per heavy atom. The molecule has 1 N–H and O–H groups in total. The lowest BCUT2D eigenvalue weighted by atomic mass is 10.2. The molecule has 0 atom stereocenters. The minimum Gasteiger partial charge on any atom is -0.287 e. The minimum atomic E-state index is 0.179. The second kappa shape index (κ2) is 4.45. The molecule has 1 aromatic carbocycles. The molecule has 1 rings (SSSR count). The van der Waals surface area contributed by atoms with Gasteiger partial charge in [0.1, 0.15) is 0 Å². The fraction of sp³-hybridized carbons (Fsp3) is 0.125. The topological polar surface area (TPSA) is 23.5 Å². The van der Waals surface area contributed by atoms with E-state index in [9.17, 15) is 5.21 Å². The SMILES string of the molecule is ON(Cc1ccccc1)C(=S)S. The lowest BCUT2D eigenvalue weighted by molar-refractivity contribution is -0.0159. The van der Waals surface area contributed by atoms with Crippen LogP contribution in [0.5, 0.6) is 0 Å².